The molecular formula is C18H28BrNO. The van der Waals surface area contributed by atoms with Crippen LogP contribution in [-0.2, 0) is 0 Å². The highest BCUT2D eigenvalue weighted by Gasteiger charge is 2.13. The van der Waals surface area contributed by atoms with Crippen molar-refractivity contribution >= 4 is 21.7 Å². The minimum absolute atomic E-state index is 0.218. The molecule has 1 aromatic rings. The van der Waals surface area contributed by atoms with Gasteiger partial charge in [0.15, 0.2) is 5.78 Å². The van der Waals surface area contributed by atoms with Crippen LogP contribution < -0.4 is 0 Å². The van der Waals surface area contributed by atoms with Crippen molar-refractivity contribution in [2.45, 2.75) is 40.5 Å². The van der Waals surface area contributed by atoms with Gasteiger partial charge < -0.3 is 0 Å². The molecule has 0 aromatic heterocycles. The van der Waals surface area contributed by atoms with Crippen LogP contribution in [0.15, 0.2) is 28.7 Å². The highest BCUT2D eigenvalue weighted by atomic mass is 79.9. The summed E-state index contributed by atoms with van der Waals surface area (Å²) >= 11 is 3.41. The van der Waals surface area contributed by atoms with E-state index in [9.17, 15) is 4.79 Å². The van der Waals surface area contributed by atoms with Gasteiger partial charge in [-0.1, -0.05) is 55.8 Å². The van der Waals surface area contributed by atoms with Crippen LogP contribution in [0.1, 0.15) is 50.9 Å². The Labute approximate surface area is 138 Å². The van der Waals surface area contributed by atoms with E-state index < -0.39 is 0 Å². The number of benzene rings is 1. The van der Waals surface area contributed by atoms with Gasteiger partial charge in [-0.05, 0) is 49.9 Å². The molecule has 0 amide bonds. The minimum atomic E-state index is 0.218. The molecule has 1 aromatic carbocycles. The summed E-state index contributed by atoms with van der Waals surface area (Å²) in [6.07, 6.45) is 2.29. The van der Waals surface area contributed by atoms with Crippen molar-refractivity contribution in [3.05, 3.63) is 34.3 Å². The molecule has 0 bridgehead atoms. The van der Waals surface area contributed by atoms with Gasteiger partial charge in [0, 0.05) is 10.0 Å². The molecule has 0 saturated heterocycles. The Kier molecular flexibility index (Phi) is 8.20. The fraction of sp³-hybridized carbons (Fsp3) is 0.611. The largest absolute Gasteiger partial charge is 0.296 e. The summed E-state index contributed by atoms with van der Waals surface area (Å²) < 4.78 is 1.01. The third kappa shape index (κ3) is 7.77. The van der Waals surface area contributed by atoms with Crippen molar-refractivity contribution in [3.63, 3.8) is 0 Å². The van der Waals surface area contributed by atoms with Gasteiger partial charge in [0.25, 0.3) is 0 Å². The lowest BCUT2D eigenvalue weighted by Gasteiger charge is -2.23. The van der Waals surface area contributed by atoms with Gasteiger partial charge >= 0.3 is 0 Å². The monoisotopic (exact) mass is 353 g/mol. The lowest BCUT2D eigenvalue weighted by Crippen LogP contribution is -2.33. The third-order valence-electron chi connectivity index (χ3n) is 3.58. The lowest BCUT2D eigenvalue weighted by molar-refractivity contribution is 0.0923. The highest BCUT2D eigenvalue weighted by Crippen LogP contribution is 2.12. The van der Waals surface area contributed by atoms with E-state index in [4.69, 9.17) is 0 Å². The number of halogens is 1. The molecule has 0 aliphatic heterocycles. The zero-order chi connectivity index (χ0) is 15.8. The number of rotatable bonds is 9. The maximum atomic E-state index is 12.4. The first-order valence-electron chi connectivity index (χ1n) is 7.89. The van der Waals surface area contributed by atoms with Crippen LogP contribution in [0.25, 0.3) is 0 Å². The van der Waals surface area contributed by atoms with Crippen molar-refractivity contribution in [1.29, 1.82) is 0 Å². The fourth-order valence-corrected chi connectivity index (χ4v) is 2.35. The van der Waals surface area contributed by atoms with E-state index in [0.717, 1.165) is 36.0 Å². The SMILES string of the molecule is CC(C)CCN(CCC(C)C)CC(=O)c1ccc(Br)cc1. The number of carbonyl (C=O) groups is 1. The second-order valence-corrected chi connectivity index (χ2v) is 7.49. The van der Waals surface area contributed by atoms with Crippen LogP contribution in [-0.4, -0.2) is 30.3 Å². The molecule has 3 heteroatoms. The molecular weight excluding hydrogens is 326 g/mol. The molecule has 0 atom stereocenters. The van der Waals surface area contributed by atoms with Crippen molar-refractivity contribution in [2.24, 2.45) is 11.8 Å². The first-order chi connectivity index (χ1) is 9.88. The van der Waals surface area contributed by atoms with Gasteiger partial charge in [0.2, 0.25) is 0 Å². The minimum Gasteiger partial charge on any atom is -0.296 e. The topological polar surface area (TPSA) is 20.3 Å². The van der Waals surface area contributed by atoms with E-state index in [2.05, 4.69) is 48.5 Å². The van der Waals surface area contributed by atoms with Crippen molar-refractivity contribution in [3.8, 4) is 0 Å². The quantitative estimate of drug-likeness (QED) is 0.580. The number of hydrogen-bond donors (Lipinski definition) is 0. The Morgan fingerprint density at radius 2 is 1.48 bits per heavy atom. The van der Waals surface area contributed by atoms with Crippen molar-refractivity contribution in [2.75, 3.05) is 19.6 Å². The summed E-state index contributed by atoms with van der Waals surface area (Å²) in [4.78, 5) is 14.7. The molecule has 0 N–H and O–H groups in total. The second-order valence-electron chi connectivity index (χ2n) is 6.57. The molecule has 0 aliphatic carbocycles. The number of carbonyl (C=O) groups excluding carboxylic acids is 1. The van der Waals surface area contributed by atoms with Crippen LogP contribution in [0.4, 0.5) is 0 Å². The Morgan fingerprint density at radius 3 is 1.90 bits per heavy atom. The molecule has 0 fully saturated rings. The van der Waals surface area contributed by atoms with Gasteiger partial charge in [-0.3, -0.25) is 9.69 Å². The summed E-state index contributed by atoms with van der Waals surface area (Å²) in [5.74, 6) is 1.57. The molecule has 21 heavy (non-hydrogen) atoms. The molecule has 0 unspecified atom stereocenters. The molecule has 0 heterocycles. The Bertz CT molecular complexity index is 413. The van der Waals surface area contributed by atoms with E-state index in [1.165, 1.54) is 0 Å². The summed E-state index contributed by atoms with van der Waals surface area (Å²) in [7, 11) is 0. The summed E-state index contributed by atoms with van der Waals surface area (Å²) in [6.45, 7) is 11.5. The molecule has 118 valence electrons. The van der Waals surface area contributed by atoms with Gasteiger partial charge in [-0.2, -0.15) is 0 Å². The first kappa shape index (κ1) is 18.4. The molecule has 2 nitrogen and oxygen atoms in total. The second kappa shape index (κ2) is 9.37. The van der Waals surface area contributed by atoms with Crippen LogP contribution in [0, 0.1) is 11.8 Å². The van der Waals surface area contributed by atoms with Crippen LogP contribution in [0.2, 0.25) is 0 Å². The van der Waals surface area contributed by atoms with Crippen molar-refractivity contribution < 1.29 is 4.79 Å². The fourth-order valence-electron chi connectivity index (χ4n) is 2.08. The van der Waals surface area contributed by atoms with E-state index in [-0.39, 0.29) is 5.78 Å². The summed E-state index contributed by atoms with van der Waals surface area (Å²) in [5.41, 5.74) is 0.803. The van der Waals surface area contributed by atoms with E-state index in [1.54, 1.807) is 0 Å². The van der Waals surface area contributed by atoms with Crippen molar-refractivity contribution in [1.82, 2.24) is 4.90 Å². The van der Waals surface area contributed by atoms with E-state index >= 15 is 0 Å². The van der Waals surface area contributed by atoms with E-state index in [0.29, 0.717) is 18.4 Å². The zero-order valence-corrected chi connectivity index (χ0v) is 15.3. The molecule has 0 spiro atoms. The Balaban J connectivity index is 2.60. The maximum Gasteiger partial charge on any atom is 0.176 e. The van der Waals surface area contributed by atoms with Gasteiger partial charge in [-0.25, -0.2) is 0 Å². The third-order valence-corrected chi connectivity index (χ3v) is 4.11. The predicted octanol–water partition coefficient (Wildman–Crippen LogP) is 5.03. The highest BCUT2D eigenvalue weighted by molar-refractivity contribution is 9.10. The number of hydrogen-bond acceptors (Lipinski definition) is 2. The number of ketones is 1. The van der Waals surface area contributed by atoms with Gasteiger partial charge in [0.1, 0.15) is 0 Å². The lowest BCUT2D eigenvalue weighted by atomic mass is 10.1. The van der Waals surface area contributed by atoms with Gasteiger partial charge in [-0.15, -0.1) is 0 Å². The zero-order valence-electron chi connectivity index (χ0n) is 13.7. The van der Waals surface area contributed by atoms with Gasteiger partial charge in [0.05, 0.1) is 6.54 Å². The standard InChI is InChI=1S/C18H28BrNO/c1-14(2)9-11-20(12-10-15(3)4)13-18(21)16-5-7-17(19)8-6-16/h5-8,14-15H,9-13H2,1-4H3. The summed E-state index contributed by atoms with van der Waals surface area (Å²) in [5, 5.41) is 0. The van der Waals surface area contributed by atoms with Crippen LogP contribution >= 0.6 is 15.9 Å². The molecule has 0 aliphatic rings. The van der Waals surface area contributed by atoms with Crippen LogP contribution in [0.3, 0.4) is 0 Å². The number of Topliss-reactive ketones (excluding diaryl/α,β-unsaturated/α-hetero) is 1. The predicted molar refractivity (Wildman–Crippen MR) is 93.8 cm³/mol. The Hall–Kier alpha value is -0.670. The average molecular weight is 354 g/mol. The molecule has 0 radical (unpaired) electrons. The summed E-state index contributed by atoms with van der Waals surface area (Å²) in [6, 6.07) is 7.66. The number of nitrogens with zero attached hydrogens (tertiary/aromatic N) is 1. The smallest absolute Gasteiger partial charge is 0.176 e. The molecule has 1 rings (SSSR count). The normalized spacial score (nSPS) is 11.6. The maximum absolute atomic E-state index is 12.4. The molecule has 0 saturated carbocycles. The van der Waals surface area contributed by atoms with Crippen LogP contribution in [0.5, 0.6) is 0 Å². The Morgan fingerprint density at radius 1 is 1.00 bits per heavy atom. The average Bonchev–Trinajstić information content (AvgIpc) is 2.42. The van der Waals surface area contributed by atoms with E-state index in [1.807, 2.05) is 24.3 Å². The first-order valence-corrected chi connectivity index (χ1v) is 8.69.